The summed E-state index contributed by atoms with van der Waals surface area (Å²) >= 11 is 0. The number of quaternary nitrogens is 1. The molecule has 0 aliphatic carbocycles. The normalized spacial score (nSPS) is 16.4. The Morgan fingerprint density at radius 3 is 2.33 bits per heavy atom. The molecule has 0 saturated carbocycles. The van der Waals surface area contributed by atoms with E-state index in [9.17, 15) is 4.79 Å². The van der Waals surface area contributed by atoms with Gasteiger partial charge in [0.2, 0.25) is 0 Å². The summed E-state index contributed by atoms with van der Waals surface area (Å²) in [5, 5.41) is 11.1. The van der Waals surface area contributed by atoms with Crippen molar-refractivity contribution in [2.75, 3.05) is 31.1 Å². The third-order valence-corrected chi connectivity index (χ3v) is 2.69. The molecule has 4 nitrogen and oxygen atoms in total. The number of aromatic carboxylic acids is 1. The monoisotopic (exact) mass is 207 g/mol. The first-order chi connectivity index (χ1) is 7.27. The number of nitrogens with zero attached hydrogens (tertiary/aromatic N) is 1. The Morgan fingerprint density at radius 2 is 1.80 bits per heavy atom. The number of anilines is 1. The minimum atomic E-state index is -0.867. The lowest BCUT2D eigenvalue weighted by Gasteiger charge is -2.27. The molecular weight excluding hydrogens is 192 g/mol. The average molecular weight is 207 g/mol. The van der Waals surface area contributed by atoms with Crippen LogP contribution in [0.1, 0.15) is 10.4 Å². The van der Waals surface area contributed by atoms with Crippen LogP contribution in [0.25, 0.3) is 0 Å². The van der Waals surface area contributed by atoms with E-state index in [0.29, 0.717) is 5.56 Å². The standard InChI is InChI=1S/C11H14N2O2/c14-11(15)9-1-3-10(4-2-9)13-7-5-12-6-8-13/h1-4,12H,5-8H2,(H,14,15)/p+1. The Hall–Kier alpha value is -1.55. The summed E-state index contributed by atoms with van der Waals surface area (Å²) < 4.78 is 0. The fourth-order valence-corrected chi connectivity index (χ4v) is 1.82. The van der Waals surface area contributed by atoms with Gasteiger partial charge < -0.3 is 15.3 Å². The fraction of sp³-hybridized carbons (Fsp3) is 0.364. The van der Waals surface area contributed by atoms with Gasteiger partial charge in [0.05, 0.1) is 31.7 Å². The highest BCUT2D eigenvalue weighted by Crippen LogP contribution is 2.14. The molecule has 0 amide bonds. The highest BCUT2D eigenvalue weighted by atomic mass is 16.4. The first kappa shape index (κ1) is 9.98. The number of rotatable bonds is 2. The molecule has 0 radical (unpaired) electrons. The third kappa shape index (κ3) is 2.27. The Morgan fingerprint density at radius 1 is 1.20 bits per heavy atom. The van der Waals surface area contributed by atoms with E-state index < -0.39 is 5.97 Å². The first-order valence-electron chi connectivity index (χ1n) is 5.17. The zero-order valence-electron chi connectivity index (χ0n) is 8.52. The third-order valence-electron chi connectivity index (χ3n) is 2.69. The Bertz CT molecular complexity index is 342. The Labute approximate surface area is 88.5 Å². The average Bonchev–Trinajstić information content (AvgIpc) is 2.30. The number of piperazine rings is 1. The summed E-state index contributed by atoms with van der Waals surface area (Å²) in [7, 11) is 0. The van der Waals surface area contributed by atoms with Gasteiger partial charge in [-0.3, -0.25) is 0 Å². The van der Waals surface area contributed by atoms with Gasteiger partial charge in [0.1, 0.15) is 0 Å². The molecular formula is C11H15N2O2+. The van der Waals surface area contributed by atoms with Gasteiger partial charge in [0.15, 0.2) is 0 Å². The van der Waals surface area contributed by atoms with Crippen molar-refractivity contribution in [2.45, 2.75) is 0 Å². The highest BCUT2D eigenvalue weighted by molar-refractivity contribution is 5.88. The van der Waals surface area contributed by atoms with E-state index in [1.807, 2.05) is 12.1 Å². The van der Waals surface area contributed by atoms with Crippen LogP contribution in [0.4, 0.5) is 5.69 Å². The number of hydrogen-bond donors (Lipinski definition) is 2. The van der Waals surface area contributed by atoms with Gasteiger partial charge in [-0.15, -0.1) is 0 Å². The van der Waals surface area contributed by atoms with Crippen molar-refractivity contribution in [2.24, 2.45) is 0 Å². The van der Waals surface area contributed by atoms with E-state index in [-0.39, 0.29) is 0 Å². The van der Waals surface area contributed by atoms with Crippen LogP contribution in [0.5, 0.6) is 0 Å². The van der Waals surface area contributed by atoms with E-state index in [1.54, 1.807) is 12.1 Å². The Balaban J connectivity index is 2.11. The molecule has 1 fully saturated rings. The maximum Gasteiger partial charge on any atom is 0.335 e. The molecule has 15 heavy (non-hydrogen) atoms. The van der Waals surface area contributed by atoms with Gasteiger partial charge in [-0.2, -0.15) is 0 Å². The number of carbonyl (C=O) groups is 1. The predicted molar refractivity (Wildman–Crippen MR) is 57.3 cm³/mol. The zero-order chi connectivity index (χ0) is 10.7. The minimum absolute atomic E-state index is 0.349. The van der Waals surface area contributed by atoms with Gasteiger partial charge >= 0.3 is 5.97 Å². The van der Waals surface area contributed by atoms with E-state index in [4.69, 9.17) is 5.11 Å². The molecule has 1 aliphatic rings. The number of carboxylic acids is 1. The number of nitrogens with two attached hydrogens (primary N) is 1. The summed E-state index contributed by atoms with van der Waals surface area (Å²) in [5.74, 6) is -0.867. The van der Waals surface area contributed by atoms with Crippen LogP contribution in [0.15, 0.2) is 24.3 Å². The lowest BCUT2D eigenvalue weighted by Crippen LogP contribution is -2.89. The molecule has 3 N–H and O–H groups in total. The molecule has 0 bridgehead atoms. The number of benzene rings is 1. The van der Waals surface area contributed by atoms with E-state index in [1.165, 1.54) is 0 Å². The quantitative estimate of drug-likeness (QED) is 0.704. The molecule has 0 spiro atoms. The summed E-state index contributed by atoms with van der Waals surface area (Å²) in [6.45, 7) is 4.29. The maximum absolute atomic E-state index is 10.7. The van der Waals surface area contributed by atoms with E-state index in [0.717, 1.165) is 31.9 Å². The molecule has 0 aromatic heterocycles. The van der Waals surface area contributed by atoms with Crippen LogP contribution < -0.4 is 10.2 Å². The molecule has 1 heterocycles. The van der Waals surface area contributed by atoms with Crippen LogP contribution in [-0.2, 0) is 0 Å². The van der Waals surface area contributed by atoms with Crippen LogP contribution in [-0.4, -0.2) is 37.3 Å². The molecule has 80 valence electrons. The van der Waals surface area contributed by atoms with Crippen molar-refractivity contribution >= 4 is 11.7 Å². The van der Waals surface area contributed by atoms with Crippen molar-refractivity contribution in [1.29, 1.82) is 0 Å². The van der Waals surface area contributed by atoms with E-state index in [2.05, 4.69) is 10.2 Å². The fourth-order valence-electron chi connectivity index (χ4n) is 1.82. The van der Waals surface area contributed by atoms with Gasteiger partial charge in [-0.05, 0) is 24.3 Å². The molecule has 1 aromatic rings. The maximum atomic E-state index is 10.7. The van der Waals surface area contributed by atoms with E-state index >= 15 is 0 Å². The van der Waals surface area contributed by atoms with Crippen molar-refractivity contribution in [1.82, 2.24) is 0 Å². The summed E-state index contributed by atoms with van der Waals surface area (Å²) in [6, 6.07) is 7.09. The van der Waals surface area contributed by atoms with Crippen LogP contribution in [0, 0.1) is 0 Å². The summed E-state index contributed by atoms with van der Waals surface area (Å²) in [5.41, 5.74) is 1.47. The van der Waals surface area contributed by atoms with Crippen LogP contribution >= 0.6 is 0 Å². The van der Waals surface area contributed by atoms with Gasteiger partial charge in [0.25, 0.3) is 0 Å². The lowest BCUT2D eigenvalue weighted by molar-refractivity contribution is -0.655. The predicted octanol–water partition coefficient (Wildman–Crippen LogP) is -0.232. The number of carboxylic acid groups (broad SMARTS) is 1. The lowest BCUT2D eigenvalue weighted by atomic mass is 10.2. The topological polar surface area (TPSA) is 57.1 Å². The smallest absolute Gasteiger partial charge is 0.335 e. The van der Waals surface area contributed by atoms with Crippen molar-refractivity contribution in [3.8, 4) is 0 Å². The van der Waals surface area contributed by atoms with Gasteiger partial charge in [-0.1, -0.05) is 0 Å². The molecule has 1 saturated heterocycles. The largest absolute Gasteiger partial charge is 0.478 e. The van der Waals surface area contributed by atoms with Gasteiger partial charge in [0, 0.05) is 5.69 Å². The SMILES string of the molecule is O=C(O)c1ccc(N2CC[NH2+]CC2)cc1. The zero-order valence-corrected chi connectivity index (χ0v) is 8.52. The highest BCUT2D eigenvalue weighted by Gasteiger charge is 2.12. The molecule has 1 aromatic carbocycles. The first-order valence-corrected chi connectivity index (χ1v) is 5.17. The molecule has 0 atom stereocenters. The molecule has 2 rings (SSSR count). The van der Waals surface area contributed by atoms with Crippen LogP contribution in [0.2, 0.25) is 0 Å². The second-order valence-electron chi connectivity index (χ2n) is 3.71. The molecule has 4 heteroatoms. The van der Waals surface area contributed by atoms with Crippen LogP contribution in [0.3, 0.4) is 0 Å². The second-order valence-corrected chi connectivity index (χ2v) is 3.71. The Kier molecular flexibility index (Phi) is 2.87. The van der Waals surface area contributed by atoms with Gasteiger partial charge in [-0.25, -0.2) is 4.79 Å². The summed E-state index contributed by atoms with van der Waals surface area (Å²) in [4.78, 5) is 13.0. The van der Waals surface area contributed by atoms with Crippen molar-refractivity contribution in [3.63, 3.8) is 0 Å². The van der Waals surface area contributed by atoms with Crippen molar-refractivity contribution < 1.29 is 15.2 Å². The molecule has 1 aliphatic heterocycles. The second kappa shape index (κ2) is 4.31. The summed E-state index contributed by atoms with van der Waals surface area (Å²) in [6.07, 6.45) is 0. The minimum Gasteiger partial charge on any atom is -0.478 e. The van der Waals surface area contributed by atoms with Crippen molar-refractivity contribution in [3.05, 3.63) is 29.8 Å². The molecule has 0 unspecified atom stereocenters. The number of hydrogen-bond acceptors (Lipinski definition) is 2.